The largest absolute Gasteiger partial charge is 0.486 e. The number of carbonyl (C=O) groups is 1. The number of anilines is 1. The third kappa shape index (κ3) is 4.79. The zero-order valence-corrected chi connectivity index (χ0v) is 15.6. The van der Waals surface area contributed by atoms with Crippen LogP contribution in [-0.4, -0.2) is 53.9 Å². The van der Waals surface area contributed by atoms with Crippen molar-refractivity contribution < 1.29 is 14.3 Å². The lowest BCUT2D eigenvalue weighted by molar-refractivity contribution is -0.118. The zero-order valence-electron chi connectivity index (χ0n) is 14.8. The van der Waals surface area contributed by atoms with Crippen molar-refractivity contribution in [2.24, 2.45) is 0 Å². The molecule has 1 amide bonds. The number of nitrogens with zero attached hydrogens (tertiary/aromatic N) is 3. The topological polar surface area (TPSA) is 76.6 Å². The molecule has 7 nitrogen and oxygen atoms in total. The first-order valence-electron chi connectivity index (χ1n) is 8.80. The van der Waals surface area contributed by atoms with Crippen LogP contribution in [0.3, 0.4) is 0 Å². The minimum Gasteiger partial charge on any atom is -0.486 e. The Labute approximate surface area is 160 Å². The second kappa shape index (κ2) is 8.43. The predicted molar refractivity (Wildman–Crippen MR) is 104 cm³/mol. The molecule has 2 aromatic carbocycles. The van der Waals surface area contributed by atoms with Gasteiger partial charge >= 0.3 is 0 Å². The Morgan fingerprint density at radius 1 is 1.15 bits per heavy atom. The molecule has 0 radical (unpaired) electrons. The fraction of sp³-hybridized carbons (Fsp3) is 0.316. The Balaban J connectivity index is 1.30. The van der Waals surface area contributed by atoms with Gasteiger partial charge in [0.2, 0.25) is 11.0 Å². The van der Waals surface area contributed by atoms with Gasteiger partial charge in [0.15, 0.2) is 5.01 Å². The number of carbonyl (C=O) groups excluding carboxylic acids is 1. The molecule has 140 valence electrons. The molecule has 0 spiro atoms. The highest BCUT2D eigenvalue weighted by atomic mass is 32.1. The molecule has 1 N–H and O–H groups in total. The molecule has 3 aromatic rings. The SMILES string of the molecule is O=C(CN1CCOCC1)Nc1nnc(COc2ccc3ccccc3c2)s1. The summed E-state index contributed by atoms with van der Waals surface area (Å²) in [6, 6.07) is 14.1. The second-order valence-electron chi connectivity index (χ2n) is 6.24. The van der Waals surface area contributed by atoms with E-state index in [9.17, 15) is 4.79 Å². The van der Waals surface area contributed by atoms with E-state index >= 15 is 0 Å². The number of hydrogen-bond donors (Lipinski definition) is 1. The molecule has 1 aliphatic heterocycles. The lowest BCUT2D eigenvalue weighted by Gasteiger charge is -2.25. The summed E-state index contributed by atoms with van der Waals surface area (Å²) in [6.07, 6.45) is 0. The molecule has 1 fully saturated rings. The van der Waals surface area contributed by atoms with Gasteiger partial charge in [-0.25, -0.2) is 0 Å². The van der Waals surface area contributed by atoms with E-state index in [-0.39, 0.29) is 5.91 Å². The van der Waals surface area contributed by atoms with Gasteiger partial charge in [-0.05, 0) is 22.9 Å². The molecule has 8 heteroatoms. The monoisotopic (exact) mass is 384 g/mol. The number of ether oxygens (including phenoxy) is 2. The van der Waals surface area contributed by atoms with Crippen LogP contribution in [0.25, 0.3) is 10.8 Å². The lowest BCUT2D eigenvalue weighted by atomic mass is 10.1. The smallest absolute Gasteiger partial charge is 0.240 e. The molecule has 1 aliphatic rings. The van der Waals surface area contributed by atoms with Gasteiger partial charge in [-0.2, -0.15) is 0 Å². The van der Waals surface area contributed by atoms with Gasteiger partial charge in [0.25, 0.3) is 0 Å². The van der Waals surface area contributed by atoms with Crippen LogP contribution in [0.4, 0.5) is 5.13 Å². The van der Waals surface area contributed by atoms with E-state index in [1.165, 1.54) is 16.7 Å². The van der Waals surface area contributed by atoms with Crippen molar-refractivity contribution in [2.45, 2.75) is 6.61 Å². The van der Waals surface area contributed by atoms with Crippen LogP contribution in [-0.2, 0) is 16.1 Å². The number of fused-ring (bicyclic) bond motifs is 1. The van der Waals surface area contributed by atoms with Crippen LogP contribution in [0.2, 0.25) is 0 Å². The Kier molecular flexibility index (Phi) is 5.57. The molecular formula is C19H20N4O3S. The maximum absolute atomic E-state index is 12.1. The van der Waals surface area contributed by atoms with Crippen LogP contribution < -0.4 is 10.1 Å². The molecular weight excluding hydrogens is 364 g/mol. The summed E-state index contributed by atoms with van der Waals surface area (Å²) >= 11 is 1.32. The molecule has 0 saturated carbocycles. The van der Waals surface area contributed by atoms with Gasteiger partial charge in [-0.1, -0.05) is 41.7 Å². The molecule has 0 atom stereocenters. The summed E-state index contributed by atoms with van der Waals surface area (Å²) < 4.78 is 11.1. The van der Waals surface area contributed by atoms with Gasteiger partial charge in [-0.3, -0.25) is 15.0 Å². The maximum atomic E-state index is 12.1. The molecule has 27 heavy (non-hydrogen) atoms. The van der Waals surface area contributed by atoms with Gasteiger partial charge in [0, 0.05) is 13.1 Å². The third-order valence-electron chi connectivity index (χ3n) is 4.27. The number of aromatic nitrogens is 2. The molecule has 4 rings (SSSR count). The van der Waals surface area contributed by atoms with Crippen LogP contribution in [0.1, 0.15) is 5.01 Å². The third-order valence-corrected chi connectivity index (χ3v) is 5.08. The van der Waals surface area contributed by atoms with E-state index in [1.54, 1.807) is 0 Å². The molecule has 2 heterocycles. The fourth-order valence-electron chi connectivity index (χ4n) is 2.89. The van der Waals surface area contributed by atoms with Crippen molar-refractivity contribution >= 4 is 33.1 Å². The Morgan fingerprint density at radius 2 is 1.96 bits per heavy atom. The van der Waals surface area contributed by atoms with Crippen molar-refractivity contribution in [1.82, 2.24) is 15.1 Å². The number of morpholine rings is 1. The Bertz CT molecular complexity index is 924. The number of amides is 1. The Hall–Kier alpha value is -2.55. The number of rotatable bonds is 6. The number of benzene rings is 2. The second-order valence-corrected chi connectivity index (χ2v) is 7.30. The standard InChI is InChI=1S/C19H20N4O3S/c24-17(12-23-7-9-25-10-8-23)20-19-22-21-18(27-19)13-26-16-6-5-14-3-1-2-4-15(14)11-16/h1-6,11H,7-10,12-13H2,(H,20,22,24). The van der Waals surface area contributed by atoms with Crippen LogP contribution >= 0.6 is 11.3 Å². The van der Waals surface area contributed by atoms with Crippen molar-refractivity contribution in [2.75, 3.05) is 38.2 Å². The summed E-state index contributed by atoms with van der Waals surface area (Å²) in [6.45, 7) is 3.54. The molecule has 1 saturated heterocycles. The molecule has 0 bridgehead atoms. The average molecular weight is 384 g/mol. The van der Waals surface area contributed by atoms with E-state index < -0.39 is 0 Å². The van der Waals surface area contributed by atoms with E-state index in [2.05, 4.69) is 32.5 Å². The predicted octanol–water partition coefficient (Wildman–Crippen LogP) is 2.54. The normalized spacial score (nSPS) is 15.0. The van der Waals surface area contributed by atoms with Gasteiger partial charge < -0.3 is 9.47 Å². The minimum atomic E-state index is -0.0879. The summed E-state index contributed by atoms with van der Waals surface area (Å²) in [5, 5.41) is 14.4. The van der Waals surface area contributed by atoms with E-state index in [0.29, 0.717) is 36.5 Å². The van der Waals surface area contributed by atoms with Gasteiger partial charge in [-0.15, -0.1) is 10.2 Å². The summed E-state index contributed by atoms with van der Waals surface area (Å²) in [5.74, 6) is 0.692. The molecule has 0 aliphatic carbocycles. The highest BCUT2D eigenvalue weighted by Gasteiger charge is 2.15. The lowest BCUT2D eigenvalue weighted by Crippen LogP contribution is -2.41. The van der Waals surface area contributed by atoms with Crippen molar-refractivity contribution in [3.8, 4) is 5.75 Å². The number of nitrogens with one attached hydrogen (secondary N) is 1. The average Bonchev–Trinajstić information content (AvgIpc) is 3.14. The maximum Gasteiger partial charge on any atom is 0.240 e. The van der Waals surface area contributed by atoms with Crippen molar-refractivity contribution in [3.63, 3.8) is 0 Å². The molecule has 1 aromatic heterocycles. The van der Waals surface area contributed by atoms with Gasteiger partial charge in [0.05, 0.1) is 19.8 Å². The summed E-state index contributed by atoms with van der Waals surface area (Å²) in [7, 11) is 0. The van der Waals surface area contributed by atoms with E-state index in [4.69, 9.17) is 9.47 Å². The zero-order chi connectivity index (χ0) is 18.5. The fourth-order valence-corrected chi connectivity index (χ4v) is 3.56. The van der Waals surface area contributed by atoms with Gasteiger partial charge in [0.1, 0.15) is 12.4 Å². The van der Waals surface area contributed by atoms with Crippen molar-refractivity contribution in [1.29, 1.82) is 0 Å². The number of hydrogen-bond acceptors (Lipinski definition) is 7. The minimum absolute atomic E-state index is 0.0879. The first kappa shape index (κ1) is 17.8. The van der Waals surface area contributed by atoms with Crippen molar-refractivity contribution in [3.05, 3.63) is 47.5 Å². The Morgan fingerprint density at radius 3 is 2.81 bits per heavy atom. The first-order valence-corrected chi connectivity index (χ1v) is 9.62. The quantitative estimate of drug-likeness (QED) is 0.704. The molecule has 0 unspecified atom stereocenters. The summed E-state index contributed by atoms with van der Waals surface area (Å²) in [4.78, 5) is 14.2. The highest BCUT2D eigenvalue weighted by Crippen LogP contribution is 2.22. The van der Waals surface area contributed by atoms with E-state index in [0.717, 1.165) is 24.2 Å². The first-order chi connectivity index (χ1) is 13.3. The summed E-state index contributed by atoms with van der Waals surface area (Å²) in [5.41, 5.74) is 0. The van der Waals surface area contributed by atoms with Crippen LogP contribution in [0.15, 0.2) is 42.5 Å². The highest BCUT2D eigenvalue weighted by molar-refractivity contribution is 7.15. The van der Waals surface area contributed by atoms with Crippen LogP contribution in [0, 0.1) is 0 Å². The van der Waals surface area contributed by atoms with Crippen LogP contribution in [0.5, 0.6) is 5.75 Å². The van der Waals surface area contributed by atoms with E-state index in [1.807, 2.05) is 30.3 Å².